The van der Waals surface area contributed by atoms with Crippen molar-refractivity contribution in [3.05, 3.63) is 29.0 Å². The first-order valence-corrected chi connectivity index (χ1v) is 8.44. The fraction of sp³-hybridized carbons (Fsp3) is 0.562. The number of likely N-dealkylation sites (tertiary alicyclic amines) is 1. The van der Waals surface area contributed by atoms with Crippen molar-refractivity contribution in [3.8, 4) is 10.8 Å². The van der Waals surface area contributed by atoms with E-state index in [0.717, 1.165) is 36.0 Å². The smallest absolute Gasteiger partial charge is 0.162 e. The van der Waals surface area contributed by atoms with Crippen molar-refractivity contribution in [1.82, 2.24) is 9.88 Å². The Morgan fingerprint density at radius 2 is 2.33 bits per heavy atom. The van der Waals surface area contributed by atoms with Crippen LogP contribution in [0.15, 0.2) is 22.7 Å². The van der Waals surface area contributed by atoms with Crippen molar-refractivity contribution in [2.45, 2.75) is 45.2 Å². The number of furan rings is 1. The second-order valence-corrected chi connectivity index (χ2v) is 6.79. The van der Waals surface area contributed by atoms with E-state index in [1.54, 1.807) is 11.3 Å². The molecule has 3 heterocycles. The monoisotopic (exact) mass is 306 g/mol. The molecule has 0 radical (unpaired) electrons. The molecular formula is C16H22N2O2S. The zero-order chi connectivity index (χ0) is 14.7. The molecule has 0 saturated carbocycles. The largest absolute Gasteiger partial charge is 0.459 e. The topological polar surface area (TPSA) is 49.5 Å². The molecule has 1 unspecified atom stereocenters. The quantitative estimate of drug-likeness (QED) is 0.919. The van der Waals surface area contributed by atoms with Crippen molar-refractivity contribution >= 4 is 11.3 Å². The Hall–Kier alpha value is -1.17. The van der Waals surface area contributed by atoms with Crippen molar-refractivity contribution in [2.24, 2.45) is 0 Å². The van der Waals surface area contributed by atoms with Crippen LogP contribution in [-0.2, 0) is 6.54 Å². The van der Waals surface area contributed by atoms with E-state index in [4.69, 9.17) is 4.42 Å². The number of thiazole rings is 1. The summed E-state index contributed by atoms with van der Waals surface area (Å²) in [5.74, 6) is 1.77. The number of piperidine rings is 1. The van der Waals surface area contributed by atoms with Gasteiger partial charge < -0.3 is 9.52 Å². The number of aryl methyl sites for hydroxylation is 1. The lowest BCUT2D eigenvalue weighted by molar-refractivity contribution is 0.113. The van der Waals surface area contributed by atoms with Crippen LogP contribution < -0.4 is 0 Å². The van der Waals surface area contributed by atoms with Crippen LogP contribution in [0.25, 0.3) is 10.8 Å². The molecule has 0 aliphatic carbocycles. The minimum Gasteiger partial charge on any atom is -0.459 e. The van der Waals surface area contributed by atoms with Gasteiger partial charge in [-0.1, -0.05) is 6.42 Å². The van der Waals surface area contributed by atoms with Crippen molar-refractivity contribution in [2.75, 3.05) is 13.2 Å². The first-order valence-electron chi connectivity index (χ1n) is 7.62. The normalized spacial score (nSPS) is 20.0. The Kier molecular flexibility index (Phi) is 4.73. The Morgan fingerprint density at radius 3 is 3.10 bits per heavy atom. The molecule has 5 heteroatoms. The molecule has 1 fully saturated rings. The van der Waals surface area contributed by atoms with Gasteiger partial charge in [0.2, 0.25) is 0 Å². The zero-order valence-corrected chi connectivity index (χ0v) is 13.2. The third-order valence-corrected chi connectivity index (χ3v) is 5.07. The Labute approximate surface area is 129 Å². The fourth-order valence-electron chi connectivity index (χ4n) is 2.99. The molecule has 1 atom stereocenters. The summed E-state index contributed by atoms with van der Waals surface area (Å²) < 4.78 is 5.63. The number of aliphatic hydroxyl groups excluding tert-OH is 1. The summed E-state index contributed by atoms with van der Waals surface area (Å²) in [6.45, 7) is 4.28. The summed E-state index contributed by atoms with van der Waals surface area (Å²) in [4.78, 5) is 8.24. The predicted molar refractivity (Wildman–Crippen MR) is 84.3 cm³/mol. The van der Waals surface area contributed by atoms with Gasteiger partial charge in [0.25, 0.3) is 0 Å². The van der Waals surface area contributed by atoms with Crippen LogP contribution in [0, 0.1) is 6.92 Å². The molecule has 1 saturated heterocycles. The summed E-state index contributed by atoms with van der Waals surface area (Å²) >= 11 is 1.70. The van der Waals surface area contributed by atoms with Gasteiger partial charge in [-0.2, -0.15) is 0 Å². The van der Waals surface area contributed by atoms with Gasteiger partial charge in [0.15, 0.2) is 10.8 Å². The number of hydrogen-bond donors (Lipinski definition) is 1. The second kappa shape index (κ2) is 6.73. The van der Waals surface area contributed by atoms with E-state index in [1.165, 1.54) is 24.1 Å². The standard InChI is InChI=1S/C16H22N2O2S/c1-12-5-6-15(20-12)16-17-10-14(21-16)11-18-8-3-2-4-13(18)7-9-19/h5-6,10,13,19H,2-4,7-9,11H2,1H3. The van der Waals surface area contributed by atoms with Gasteiger partial charge in [0.1, 0.15) is 5.76 Å². The lowest BCUT2D eigenvalue weighted by Crippen LogP contribution is -2.39. The molecule has 1 aliphatic heterocycles. The van der Waals surface area contributed by atoms with Crippen LogP contribution in [0.2, 0.25) is 0 Å². The first-order chi connectivity index (χ1) is 10.3. The van der Waals surface area contributed by atoms with E-state index < -0.39 is 0 Å². The molecule has 21 heavy (non-hydrogen) atoms. The predicted octanol–water partition coefficient (Wildman–Crippen LogP) is 3.45. The minimum absolute atomic E-state index is 0.279. The average Bonchev–Trinajstić information content (AvgIpc) is 3.10. The Morgan fingerprint density at radius 1 is 1.43 bits per heavy atom. The minimum atomic E-state index is 0.279. The molecule has 0 bridgehead atoms. The van der Waals surface area contributed by atoms with E-state index in [-0.39, 0.29) is 6.61 Å². The number of hydrogen-bond acceptors (Lipinski definition) is 5. The molecule has 1 N–H and O–H groups in total. The van der Waals surface area contributed by atoms with Crippen LogP contribution in [0.4, 0.5) is 0 Å². The summed E-state index contributed by atoms with van der Waals surface area (Å²) in [6, 6.07) is 4.46. The molecule has 0 amide bonds. The van der Waals surface area contributed by atoms with Gasteiger partial charge in [0.05, 0.1) is 0 Å². The highest BCUT2D eigenvalue weighted by atomic mass is 32.1. The SMILES string of the molecule is Cc1ccc(-c2ncc(CN3CCCCC3CCO)s2)o1. The highest BCUT2D eigenvalue weighted by Gasteiger charge is 2.22. The van der Waals surface area contributed by atoms with Crippen LogP contribution in [0.1, 0.15) is 36.3 Å². The third-order valence-electron chi connectivity index (χ3n) is 4.08. The first kappa shape index (κ1) is 14.8. The van der Waals surface area contributed by atoms with E-state index in [1.807, 2.05) is 25.3 Å². The molecule has 0 aromatic carbocycles. The number of aliphatic hydroxyl groups is 1. The van der Waals surface area contributed by atoms with E-state index >= 15 is 0 Å². The second-order valence-electron chi connectivity index (χ2n) is 5.67. The fourth-order valence-corrected chi connectivity index (χ4v) is 3.89. The molecular weight excluding hydrogens is 284 g/mol. The molecule has 0 spiro atoms. The number of aromatic nitrogens is 1. The molecule has 2 aromatic heterocycles. The summed E-state index contributed by atoms with van der Waals surface area (Å²) in [5, 5.41) is 10.2. The van der Waals surface area contributed by atoms with Gasteiger partial charge >= 0.3 is 0 Å². The van der Waals surface area contributed by atoms with Crippen molar-refractivity contribution in [3.63, 3.8) is 0 Å². The Bertz CT molecular complexity index is 576. The third kappa shape index (κ3) is 3.54. The van der Waals surface area contributed by atoms with E-state index in [9.17, 15) is 5.11 Å². The molecule has 2 aromatic rings. The van der Waals surface area contributed by atoms with Crippen LogP contribution in [0.3, 0.4) is 0 Å². The Balaban J connectivity index is 1.68. The molecule has 1 aliphatic rings. The summed E-state index contributed by atoms with van der Waals surface area (Å²) in [7, 11) is 0. The van der Waals surface area contributed by atoms with Crippen LogP contribution in [0.5, 0.6) is 0 Å². The van der Waals surface area contributed by atoms with Gasteiger partial charge in [-0.25, -0.2) is 4.98 Å². The maximum Gasteiger partial charge on any atom is 0.162 e. The maximum atomic E-state index is 9.21. The molecule has 3 rings (SSSR count). The van der Waals surface area contributed by atoms with Crippen molar-refractivity contribution < 1.29 is 9.52 Å². The van der Waals surface area contributed by atoms with E-state index in [2.05, 4.69) is 9.88 Å². The van der Waals surface area contributed by atoms with E-state index in [0.29, 0.717) is 6.04 Å². The van der Waals surface area contributed by atoms with Crippen LogP contribution in [-0.4, -0.2) is 34.2 Å². The van der Waals surface area contributed by atoms with Gasteiger partial charge in [-0.3, -0.25) is 4.90 Å². The molecule has 4 nitrogen and oxygen atoms in total. The maximum absolute atomic E-state index is 9.21. The summed E-state index contributed by atoms with van der Waals surface area (Å²) in [6.07, 6.45) is 6.57. The van der Waals surface area contributed by atoms with Crippen LogP contribution >= 0.6 is 11.3 Å². The molecule has 114 valence electrons. The lowest BCUT2D eigenvalue weighted by atomic mass is 10.00. The van der Waals surface area contributed by atoms with Gasteiger partial charge in [-0.05, 0) is 44.9 Å². The average molecular weight is 306 g/mol. The number of nitrogens with zero attached hydrogens (tertiary/aromatic N) is 2. The number of rotatable bonds is 5. The van der Waals surface area contributed by atoms with Gasteiger partial charge in [0, 0.05) is 30.3 Å². The zero-order valence-electron chi connectivity index (χ0n) is 12.4. The highest BCUT2D eigenvalue weighted by Crippen LogP contribution is 2.29. The highest BCUT2D eigenvalue weighted by molar-refractivity contribution is 7.14. The lowest BCUT2D eigenvalue weighted by Gasteiger charge is -2.35. The van der Waals surface area contributed by atoms with Gasteiger partial charge in [-0.15, -0.1) is 11.3 Å². The summed E-state index contributed by atoms with van der Waals surface area (Å²) in [5.41, 5.74) is 0. The van der Waals surface area contributed by atoms with Crippen molar-refractivity contribution in [1.29, 1.82) is 0 Å².